The molecule has 0 unspecified atom stereocenters. The van der Waals surface area contributed by atoms with Gasteiger partial charge < -0.3 is 10.4 Å². The summed E-state index contributed by atoms with van der Waals surface area (Å²) in [6, 6.07) is 4.52. The number of aliphatic hydroxyl groups excluding tert-OH is 1. The van der Waals surface area contributed by atoms with Gasteiger partial charge in [0.05, 0.1) is 9.95 Å². The highest BCUT2D eigenvalue weighted by molar-refractivity contribution is 6.31. The van der Waals surface area contributed by atoms with Crippen LogP contribution in [-0.4, -0.2) is 23.2 Å². The standard InChI is InChI=1S/C15H21ClN2O3/c16-14-8-13(18(20)21)5-4-12(14)9-17-10-15(11-19)6-2-1-3-7-15/h4-5,8,17,19H,1-3,6-7,9-11H2. The molecule has 116 valence electrons. The summed E-state index contributed by atoms with van der Waals surface area (Å²) < 4.78 is 0. The minimum absolute atomic E-state index is 0.00265. The van der Waals surface area contributed by atoms with Gasteiger partial charge in [-0.25, -0.2) is 0 Å². The van der Waals surface area contributed by atoms with Crippen molar-refractivity contribution in [3.63, 3.8) is 0 Å². The molecule has 1 aliphatic rings. The van der Waals surface area contributed by atoms with Gasteiger partial charge in [-0.05, 0) is 24.5 Å². The number of aliphatic hydroxyl groups is 1. The van der Waals surface area contributed by atoms with Crippen LogP contribution in [0.25, 0.3) is 0 Å². The van der Waals surface area contributed by atoms with Crippen LogP contribution in [0.1, 0.15) is 37.7 Å². The number of nitro groups is 1. The lowest BCUT2D eigenvalue weighted by atomic mass is 9.74. The van der Waals surface area contributed by atoms with Crippen LogP contribution < -0.4 is 5.32 Å². The van der Waals surface area contributed by atoms with Crippen LogP contribution in [0.4, 0.5) is 5.69 Å². The lowest BCUT2D eigenvalue weighted by molar-refractivity contribution is -0.384. The Hall–Kier alpha value is -1.17. The maximum atomic E-state index is 10.7. The van der Waals surface area contributed by atoms with Gasteiger partial charge >= 0.3 is 0 Å². The van der Waals surface area contributed by atoms with Crippen LogP contribution in [-0.2, 0) is 6.54 Å². The van der Waals surface area contributed by atoms with Gasteiger partial charge in [0.2, 0.25) is 0 Å². The van der Waals surface area contributed by atoms with Gasteiger partial charge in [0.1, 0.15) is 0 Å². The Morgan fingerprint density at radius 1 is 1.33 bits per heavy atom. The van der Waals surface area contributed by atoms with Gasteiger partial charge in [-0.1, -0.05) is 30.9 Å². The summed E-state index contributed by atoms with van der Waals surface area (Å²) >= 11 is 6.07. The van der Waals surface area contributed by atoms with Crippen LogP contribution in [0.15, 0.2) is 18.2 Å². The zero-order valence-corrected chi connectivity index (χ0v) is 12.7. The Bertz CT molecular complexity index is 502. The van der Waals surface area contributed by atoms with E-state index >= 15 is 0 Å². The summed E-state index contributed by atoms with van der Waals surface area (Å²) in [5.74, 6) is 0. The first kappa shape index (κ1) is 16.2. The Morgan fingerprint density at radius 2 is 2.05 bits per heavy atom. The van der Waals surface area contributed by atoms with Crippen molar-refractivity contribution in [1.82, 2.24) is 5.32 Å². The molecule has 21 heavy (non-hydrogen) atoms. The van der Waals surface area contributed by atoms with Gasteiger partial charge in [-0.3, -0.25) is 10.1 Å². The highest BCUT2D eigenvalue weighted by Gasteiger charge is 2.30. The molecule has 2 rings (SSSR count). The third kappa shape index (κ3) is 4.15. The highest BCUT2D eigenvalue weighted by Crippen LogP contribution is 2.35. The summed E-state index contributed by atoms with van der Waals surface area (Å²) in [7, 11) is 0. The molecule has 1 saturated carbocycles. The van der Waals surface area contributed by atoms with E-state index < -0.39 is 4.92 Å². The van der Waals surface area contributed by atoms with Crippen LogP contribution in [0.2, 0.25) is 5.02 Å². The Kier molecular flexibility index (Phi) is 5.56. The molecular weight excluding hydrogens is 292 g/mol. The van der Waals surface area contributed by atoms with Gasteiger partial charge in [0.25, 0.3) is 5.69 Å². The second-order valence-corrected chi connectivity index (χ2v) is 6.26. The van der Waals surface area contributed by atoms with Crippen molar-refractivity contribution in [3.8, 4) is 0 Å². The van der Waals surface area contributed by atoms with Crippen molar-refractivity contribution < 1.29 is 10.0 Å². The van der Waals surface area contributed by atoms with E-state index in [1.165, 1.54) is 31.4 Å². The fraction of sp³-hybridized carbons (Fsp3) is 0.600. The van der Waals surface area contributed by atoms with Gasteiger partial charge in [0, 0.05) is 37.2 Å². The quantitative estimate of drug-likeness (QED) is 0.624. The van der Waals surface area contributed by atoms with Crippen LogP contribution >= 0.6 is 11.6 Å². The summed E-state index contributed by atoms with van der Waals surface area (Å²) in [5.41, 5.74) is 0.819. The average molecular weight is 313 g/mol. The number of rotatable bonds is 6. The van der Waals surface area contributed by atoms with Crippen LogP contribution in [0.5, 0.6) is 0 Å². The van der Waals surface area contributed by atoms with Crippen molar-refractivity contribution in [1.29, 1.82) is 0 Å². The Labute approximate surface area is 129 Å². The maximum Gasteiger partial charge on any atom is 0.270 e. The molecule has 0 bridgehead atoms. The number of halogens is 1. The van der Waals surface area contributed by atoms with E-state index in [1.54, 1.807) is 6.07 Å². The summed E-state index contributed by atoms with van der Waals surface area (Å²) in [6.45, 7) is 1.50. The predicted molar refractivity (Wildman–Crippen MR) is 82.4 cm³/mol. The van der Waals surface area contributed by atoms with Crippen molar-refractivity contribution >= 4 is 17.3 Å². The summed E-state index contributed by atoms with van der Waals surface area (Å²) in [4.78, 5) is 10.2. The predicted octanol–water partition coefficient (Wildman–Crippen LogP) is 3.28. The summed E-state index contributed by atoms with van der Waals surface area (Å²) in [5, 5.41) is 24.1. The third-order valence-corrected chi connectivity index (χ3v) is 4.66. The zero-order valence-electron chi connectivity index (χ0n) is 12.0. The topological polar surface area (TPSA) is 75.4 Å². The number of non-ortho nitro benzene ring substituents is 1. The second kappa shape index (κ2) is 7.20. The molecule has 6 heteroatoms. The first-order chi connectivity index (χ1) is 10.1. The molecular formula is C15H21ClN2O3. The lowest BCUT2D eigenvalue weighted by Gasteiger charge is -2.35. The minimum Gasteiger partial charge on any atom is -0.396 e. The van der Waals surface area contributed by atoms with Gasteiger partial charge in [-0.15, -0.1) is 0 Å². The minimum atomic E-state index is -0.453. The molecule has 2 N–H and O–H groups in total. The Morgan fingerprint density at radius 3 is 2.62 bits per heavy atom. The van der Waals surface area contributed by atoms with E-state index in [1.807, 2.05) is 0 Å². The van der Waals surface area contributed by atoms with Crippen LogP contribution in [0.3, 0.4) is 0 Å². The first-order valence-corrected chi connectivity index (χ1v) is 7.68. The monoisotopic (exact) mass is 312 g/mol. The molecule has 0 radical (unpaired) electrons. The largest absolute Gasteiger partial charge is 0.396 e. The van der Waals surface area contributed by atoms with Crippen molar-refractivity contribution in [3.05, 3.63) is 38.9 Å². The smallest absolute Gasteiger partial charge is 0.270 e. The van der Waals surface area contributed by atoms with Crippen molar-refractivity contribution in [2.45, 2.75) is 38.6 Å². The maximum absolute atomic E-state index is 10.7. The van der Waals surface area contributed by atoms with E-state index in [0.717, 1.165) is 24.9 Å². The molecule has 1 fully saturated rings. The van der Waals surface area contributed by atoms with E-state index in [-0.39, 0.29) is 17.7 Å². The number of benzene rings is 1. The zero-order chi connectivity index (χ0) is 15.3. The molecule has 0 aliphatic heterocycles. The Balaban J connectivity index is 1.92. The molecule has 0 saturated heterocycles. The molecule has 1 aromatic rings. The molecule has 0 aromatic heterocycles. The number of nitrogens with one attached hydrogen (secondary N) is 1. The fourth-order valence-corrected chi connectivity index (χ4v) is 3.19. The number of hydrogen-bond acceptors (Lipinski definition) is 4. The number of hydrogen-bond donors (Lipinski definition) is 2. The normalized spacial score (nSPS) is 17.6. The molecule has 5 nitrogen and oxygen atoms in total. The van der Waals surface area contributed by atoms with Crippen molar-refractivity contribution in [2.75, 3.05) is 13.2 Å². The summed E-state index contributed by atoms with van der Waals surface area (Å²) in [6.07, 6.45) is 5.67. The number of nitro benzene ring substituents is 1. The molecule has 0 amide bonds. The van der Waals surface area contributed by atoms with Gasteiger partial charge in [0.15, 0.2) is 0 Å². The third-order valence-electron chi connectivity index (χ3n) is 4.31. The SMILES string of the molecule is O=[N+]([O-])c1ccc(CNCC2(CO)CCCCC2)c(Cl)c1. The average Bonchev–Trinajstić information content (AvgIpc) is 2.49. The molecule has 0 heterocycles. The fourth-order valence-electron chi connectivity index (χ4n) is 2.95. The molecule has 1 aromatic carbocycles. The van der Waals surface area contributed by atoms with Crippen molar-refractivity contribution in [2.24, 2.45) is 5.41 Å². The molecule has 0 atom stereocenters. The van der Waals surface area contributed by atoms with E-state index in [4.69, 9.17) is 11.6 Å². The number of nitrogens with zero attached hydrogens (tertiary/aromatic N) is 1. The lowest BCUT2D eigenvalue weighted by Crippen LogP contribution is -2.38. The van der Waals surface area contributed by atoms with E-state index in [9.17, 15) is 15.2 Å². The molecule has 0 spiro atoms. The second-order valence-electron chi connectivity index (χ2n) is 5.86. The molecule has 1 aliphatic carbocycles. The first-order valence-electron chi connectivity index (χ1n) is 7.31. The van der Waals surface area contributed by atoms with Gasteiger partial charge in [-0.2, -0.15) is 0 Å². The highest BCUT2D eigenvalue weighted by atomic mass is 35.5. The van der Waals surface area contributed by atoms with E-state index in [2.05, 4.69) is 5.32 Å². The van der Waals surface area contributed by atoms with E-state index in [0.29, 0.717) is 11.6 Å². The van der Waals surface area contributed by atoms with Crippen LogP contribution in [0, 0.1) is 15.5 Å².